The van der Waals surface area contributed by atoms with E-state index in [1.54, 1.807) is 43.3 Å². The van der Waals surface area contributed by atoms with Crippen LogP contribution in [0.3, 0.4) is 0 Å². The Hall–Kier alpha value is -2.40. The van der Waals surface area contributed by atoms with E-state index in [1.165, 1.54) is 11.2 Å². The van der Waals surface area contributed by atoms with Gasteiger partial charge in [-0.3, -0.25) is 20.0 Å². The third-order valence-corrected chi connectivity index (χ3v) is 3.89. The standard InChI is InChI=1S/C18H20ClN3O2/c1-12-13(8-7-9-14(12)19)16(23)21-22(18(2,3)4)17(24)15-10-5-6-11-20-15/h5-11H,1-4H3,(H,21,23). The van der Waals surface area contributed by atoms with Gasteiger partial charge < -0.3 is 0 Å². The predicted molar refractivity (Wildman–Crippen MR) is 93.8 cm³/mol. The van der Waals surface area contributed by atoms with Gasteiger partial charge in [-0.2, -0.15) is 0 Å². The zero-order valence-electron chi connectivity index (χ0n) is 14.1. The van der Waals surface area contributed by atoms with Crippen LogP contribution in [0.1, 0.15) is 47.2 Å². The molecule has 126 valence electrons. The summed E-state index contributed by atoms with van der Waals surface area (Å²) in [5, 5.41) is 1.79. The zero-order valence-corrected chi connectivity index (χ0v) is 14.9. The van der Waals surface area contributed by atoms with Gasteiger partial charge in [-0.1, -0.05) is 23.7 Å². The van der Waals surface area contributed by atoms with E-state index in [0.29, 0.717) is 16.1 Å². The minimum absolute atomic E-state index is 0.260. The van der Waals surface area contributed by atoms with Crippen molar-refractivity contribution in [2.75, 3.05) is 0 Å². The highest BCUT2D eigenvalue weighted by molar-refractivity contribution is 6.31. The number of carbonyl (C=O) groups is 2. The van der Waals surface area contributed by atoms with Gasteiger partial charge in [0.2, 0.25) is 0 Å². The summed E-state index contributed by atoms with van der Waals surface area (Å²) in [7, 11) is 0. The first kappa shape index (κ1) is 17.9. The molecule has 0 unspecified atom stereocenters. The smallest absolute Gasteiger partial charge is 0.267 e. The molecular formula is C18H20ClN3O2. The lowest BCUT2D eigenvalue weighted by Crippen LogP contribution is -2.56. The van der Waals surface area contributed by atoms with E-state index in [-0.39, 0.29) is 11.6 Å². The molecule has 0 saturated carbocycles. The number of hydrogen-bond donors (Lipinski definition) is 1. The molecular weight excluding hydrogens is 326 g/mol. The fraction of sp³-hybridized carbons (Fsp3) is 0.278. The second-order valence-electron chi connectivity index (χ2n) is 6.38. The van der Waals surface area contributed by atoms with Crippen molar-refractivity contribution in [2.24, 2.45) is 0 Å². The zero-order chi connectivity index (χ0) is 17.9. The van der Waals surface area contributed by atoms with Gasteiger partial charge in [0.25, 0.3) is 11.8 Å². The molecule has 5 nitrogen and oxygen atoms in total. The van der Waals surface area contributed by atoms with Crippen molar-refractivity contribution in [3.05, 3.63) is 64.4 Å². The molecule has 24 heavy (non-hydrogen) atoms. The molecule has 0 aliphatic carbocycles. The van der Waals surface area contributed by atoms with Gasteiger partial charge in [-0.25, -0.2) is 5.01 Å². The van der Waals surface area contributed by atoms with Crippen molar-refractivity contribution >= 4 is 23.4 Å². The molecule has 1 N–H and O–H groups in total. The number of hydrogen-bond acceptors (Lipinski definition) is 3. The van der Waals surface area contributed by atoms with Gasteiger partial charge in [0.1, 0.15) is 5.69 Å². The van der Waals surface area contributed by atoms with E-state index in [9.17, 15) is 9.59 Å². The maximum Gasteiger partial charge on any atom is 0.291 e. The number of amides is 2. The molecule has 2 aromatic rings. The molecule has 2 amide bonds. The number of benzene rings is 1. The topological polar surface area (TPSA) is 62.3 Å². The molecule has 0 aliphatic heterocycles. The summed E-state index contributed by atoms with van der Waals surface area (Å²) < 4.78 is 0. The lowest BCUT2D eigenvalue weighted by molar-refractivity contribution is 0.0353. The van der Waals surface area contributed by atoms with Gasteiger partial charge in [0, 0.05) is 16.8 Å². The Balaban J connectivity index is 2.32. The molecule has 0 atom stereocenters. The van der Waals surface area contributed by atoms with E-state index < -0.39 is 11.4 Å². The number of aromatic nitrogens is 1. The van der Waals surface area contributed by atoms with E-state index in [1.807, 2.05) is 20.8 Å². The second kappa shape index (κ2) is 7.01. The number of nitrogens with zero attached hydrogens (tertiary/aromatic N) is 2. The summed E-state index contributed by atoms with van der Waals surface area (Å²) in [6, 6.07) is 10.1. The first-order chi connectivity index (χ1) is 11.2. The minimum atomic E-state index is -0.628. The highest BCUT2D eigenvalue weighted by Gasteiger charge is 2.30. The third-order valence-electron chi connectivity index (χ3n) is 3.48. The molecule has 1 aromatic heterocycles. The SMILES string of the molecule is Cc1c(Cl)cccc1C(=O)NN(C(=O)c1ccccn1)C(C)(C)C. The average Bonchev–Trinajstić information content (AvgIpc) is 2.54. The summed E-state index contributed by atoms with van der Waals surface area (Å²) in [5.41, 5.74) is 3.40. The summed E-state index contributed by atoms with van der Waals surface area (Å²) in [6.07, 6.45) is 1.54. The van der Waals surface area contributed by atoms with E-state index in [4.69, 9.17) is 11.6 Å². The van der Waals surface area contributed by atoms with Crippen LogP contribution in [0, 0.1) is 6.92 Å². The van der Waals surface area contributed by atoms with Crippen LogP contribution in [0.15, 0.2) is 42.6 Å². The summed E-state index contributed by atoms with van der Waals surface area (Å²) in [6.45, 7) is 7.26. The fourth-order valence-electron chi connectivity index (χ4n) is 2.14. The van der Waals surface area contributed by atoms with Crippen LogP contribution < -0.4 is 5.43 Å². The highest BCUT2D eigenvalue weighted by Crippen LogP contribution is 2.20. The van der Waals surface area contributed by atoms with Crippen molar-refractivity contribution in [2.45, 2.75) is 33.2 Å². The molecule has 6 heteroatoms. The van der Waals surface area contributed by atoms with E-state index in [0.717, 1.165) is 0 Å². The number of halogens is 1. The Labute approximate surface area is 146 Å². The Bertz CT molecular complexity index is 755. The summed E-state index contributed by atoms with van der Waals surface area (Å²) >= 11 is 6.07. The maximum atomic E-state index is 12.7. The Morgan fingerprint density at radius 3 is 2.42 bits per heavy atom. The van der Waals surface area contributed by atoms with E-state index in [2.05, 4.69) is 10.4 Å². The lowest BCUT2D eigenvalue weighted by atomic mass is 10.1. The summed E-state index contributed by atoms with van der Waals surface area (Å²) in [4.78, 5) is 29.4. The first-order valence-corrected chi connectivity index (χ1v) is 7.91. The average molecular weight is 346 g/mol. The molecule has 1 heterocycles. The molecule has 0 radical (unpaired) electrons. The van der Waals surface area contributed by atoms with Crippen LogP contribution in [0.4, 0.5) is 0 Å². The predicted octanol–water partition coefficient (Wildman–Crippen LogP) is 3.63. The van der Waals surface area contributed by atoms with E-state index >= 15 is 0 Å². The van der Waals surface area contributed by atoms with Crippen LogP contribution in [-0.2, 0) is 0 Å². The third kappa shape index (κ3) is 3.92. The van der Waals surface area contributed by atoms with Crippen molar-refractivity contribution in [1.29, 1.82) is 0 Å². The Kier molecular flexibility index (Phi) is 5.24. The number of nitrogens with one attached hydrogen (secondary N) is 1. The molecule has 2 rings (SSSR count). The highest BCUT2D eigenvalue weighted by atomic mass is 35.5. The van der Waals surface area contributed by atoms with Crippen molar-refractivity contribution in [3.63, 3.8) is 0 Å². The molecule has 0 bridgehead atoms. The normalized spacial score (nSPS) is 11.0. The number of rotatable bonds is 2. The first-order valence-electron chi connectivity index (χ1n) is 7.53. The van der Waals surface area contributed by atoms with Crippen molar-refractivity contribution in [3.8, 4) is 0 Å². The van der Waals surface area contributed by atoms with Gasteiger partial charge >= 0.3 is 0 Å². The van der Waals surface area contributed by atoms with Crippen molar-refractivity contribution in [1.82, 2.24) is 15.4 Å². The molecule has 0 fully saturated rings. The minimum Gasteiger partial charge on any atom is -0.267 e. The van der Waals surface area contributed by atoms with Gasteiger partial charge in [-0.15, -0.1) is 0 Å². The lowest BCUT2D eigenvalue weighted by Gasteiger charge is -2.35. The van der Waals surface area contributed by atoms with Gasteiger partial charge in [0.05, 0.1) is 5.54 Å². The molecule has 1 aromatic carbocycles. The van der Waals surface area contributed by atoms with Crippen LogP contribution in [0.25, 0.3) is 0 Å². The van der Waals surface area contributed by atoms with Crippen molar-refractivity contribution < 1.29 is 9.59 Å². The quantitative estimate of drug-likeness (QED) is 0.845. The summed E-state index contributed by atoms with van der Waals surface area (Å²) in [5.74, 6) is -0.773. The number of carbonyl (C=O) groups excluding carboxylic acids is 2. The fourth-order valence-corrected chi connectivity index (χ4v) is 2.32. The molecule has 0 aliphatic rings. The van der Waals surface area contributed by atoms with Crippen LogP contribution >= 0.6 is 11.6 Å². The van der Waals surface area contributed by atoms with Gasteiger partial charge in [0.15, 0.2) is 0 Å². The van der Waals surface area contributed by atoms with Gasteiger partial charge in [-0.05, 0) is 57.5 Å². The van der Waals surface area contributed by atoms with Crippen LogP contribution in [-0.4, -0.2) is 27.3 Å². The largest absolute Gasteiger partial charge is 0.291 e. The number of hydrazine groups is 1. The van der Waals surface area contributed by atoms with Crippen LogP contribution in [0.2, 0.25) is 5.02 Å². The molecule has 0 spiro atoms. The Morgan fingerprint density at radius 2 is 1.83 bits per heavy atom. The molecule has 0 saturated heterocycles. The maximum absolute atomic E-state index is 12.7. The second-order valence-corrected chi connectivity index (χ2v) is 6.79. The monoisotopic (exact) mass is 345 g/mol. The number of pyridine rings is 1. The van der Waals surface area contributed by atoms with Crippen LogP contribution in [0.5, 0.6) is 0 Å². The Morgan fingerprint density at radius 1 is 1.12 bits per heavy atom.